The van der Waals surface area contributed by atoms with Gasteiger partial charge >= 0.3 is 0 Å². The Balaban J connectivity index is 1.30. The van der Waals surface area contributed by atoms with E-state index < -0.39 is 0 Å². The highest BCUT2D eigenvalue weighted by molar-refractivity contribution is 5.96. The minimum absolute atomic E-state index is 0.0139. The van der Waals surface area contributed by atoms with Gasteiger partial charge in [0.25, 0.3) is 11.8 Å². The van der Waals surface area contributed by atoms with Gasteiger partial charge in [-0.15, -0.1) is 0 Å². The van der Waals surface area contributed by atoms with E-state index in [0.717, 1.165) is 16.9 Å². The van der Waals surface area contributed by atoms with Crippen molar-refractivity contribution in [1.29, 1.82) is 0 Å². The van der Waals surface area contributed by atoms with Gasteiger partial charge in [-0.2, -0.15) is 0 Å². The summed E-state index contributed by atoms with van der Waals surface area (Å²) in [5.41, 5.74) is 3.33. The molecule has 0 bridgehead atoms. The number of nitrogens with zero attached hydrogens (tertiary/aromatic N) is 2. The van der Waals surface area contributed by atoms with Crippen LogP contribution in [0, 0.1) is 0 Å². The first-order chi connectivity index (χ1) is 16.1. The standard InChI is InChI=1S/C27H28N2O4/c1-32-19-22-8-5-9-24(18-22)27(31)29-16-14-28(15-17-29)26(30)23-10-12-25(13-11-23)33-20-21-6-3-2-4-7-21/h2-13,18H,14-17,19-20H2,1H3. The molecule has 1 fully saturated rings. The van der Waals surface area contributed by atoms with E-state index in [2.05, 4.69) is 0 Å². The Morgan fingerprint density at radius 3 is 1.94 bits per heavy atom. The minimum atomic E-state index is -0.0289. The first-order valence-corrected chi connectivity index (χ1v) is 11.1. The summed E-state index contributed by atoms with van der Waals surface area (Å²) in [6, 6.07) is 24.7. The topological polar surface area (TPSA) is 59.1 Å². The number of piperazine rings is 1. The van der Waals surface area contributed by atoms with Gasteiger partial charge in [-0.25, -0.2) is 0 Å². The van der Waals surface area contributed by atoms with Crippen molar-refractivity contribution in [3.8, 4) is 5.75 Å². The van der Waals surface area contributed by atoms with Gasteiger partial charge in [-0.1, -0.05) is 42.5 Å². The van der Waals surface area contributed by atoms with Crippen LogP contribution in [0.5, 0.6) is 5.75 Å². The fraction of sp³-hybridized carbons (Fsp3) is 0.259. The van der Waals surface area contributed by atoms with Crippen LogP contribution in [0.3, 0.4) is 0 Å². The summed E-state index contributed by atoms with van der Waals surface area (Å²) in [4.78, 5) is 29.4. The molecule has 0 aliphatic carbocycles. The van der Waals surface area contributed by atoms with Gasteiger partial charge in [0.15, 0.2) is 0 Å². The fourth-order valence-electron chi connectivity index (χ4n) is 3.87. The average molecular weight is 445 g/mol. The first kappa shape index (κ1) is 22.6. The van der Waals surface area contributed by atoms with Gasteiger partial charge in [0.05, 0.1) is 6.61 Å². The number of carbonyl (C=O) groups is 2. The number of methoxy groups -OCH3 is 1. The Bertz CT molecular complexity index is 1070. The Morgan fingerprint density at radius 1 is 0.697 bits per heavy atom. The highest BCUT2D eigenvalue weighted by Gasteiger charge is 2.25. The van der Waals surface area contributed by atoms with Crippen molar-refractivity contribution >= 4 is 11.8 Å². The van der Waals surface area contributed by atoms with Crippen molar-refractivity contribution in [2.45, 2.75) is 13.2 Å². The van der Waals surface area contributed by atoms with E-state index in [-0.39, 0.29) is 11.8 Å². The predicted molar refractivity (Wildman–Crippen MR) is 126 cm³/mol. The van der Waals surface area contributed by atoms with E-state index in [1.54, 1.807) is 29.0 Å². The van der Waals surface area contributed by atoms with Crippen LogP contribution < -0.4 is 4.74 Å². The number of amides is 2. The third-order valence-electron chi connectivity index (χ3n) is 5.69. The third kappa shape index (κ3) is 5.79. The summed E-state index contributed by atoms with van der Waals surface area (Å²) in [5.74, 6) is 0.681. The zero-order chi connectivity index (χ0) is 23.0. The molecule has 1 aliphatic heterocycles. The smallest absolute Gasteiger partial charge is 0.253 e. The van der Waals surface area contributed by atoms with E-state index >= 15 is 0 Å². The molecule has 6 heteroatoms. The summed E-state index contributed by atoms with van der Waals surface area (Å²) in [6.45, 7) is 3.00. The second kappa shape index (κ2) is 10.8. The maximum Gasteiger partial charge on any atom is 0.253 e. The summed E-state index contributed by atoms with van der Waals surface area (Å²) >= 11 is 0. The van der Waals surface area contributed by atoms with Gasteiger partial charge in [0.2, 0.25) is 0 Å². The Kier molecular flexibility index (Phi) is 7.37. The zero-order valence-electron chi connectivity index (χ0n) is 18.8. The maximum atomic E-state index is 12.9. The zero-order valence-corrected chi connectivity index (χ0v) is 18.8. The van der Waals surface area contributed by atoms with E-state index in [1.807, 2.05) is 66.7 Å². The second-order valence-corrected chi connectivity index (χ2v) is 8.02. The SMILES string of the molecule is COCc1cccc(C(=O)N2CCN(C(=O)c3ccc(OCc4ccccc4)cc3)CC2)c1. The molecule has 6 nitrogen and oxygen atoms in total. The molecule has 1 saturated heterocycles. The van der Waals surface area contributed by atoms with Crippen LogP contribution in [0.4, 0.5) is 0 Å². The number of carbonyl (C=O) groups excluding carboxylic acids is 2. The van der Waals surface area contributed by atoms with Crippen molar-refractivity contribution < 1.29 is 19.1 Å². The molecule has 1 aliphatic rings. The molecule has 170 valence electrons. The molecule has 2 amide bonds. The quantitative estimate of drug-likeness (QED) is 0.553. The van der Waals surface area contributed by atoms with Crippen LogP contribution in [0.15, 0.2) is 78.9 Å². The van der Waals surface area contributed by atoms with Crippen LogP contribution in [-0.4, -0.2) is 54.9 Å². The highest BCUT2D eigenvalue weighted by Crippen LogP contribution is 2.17. The van der Waals surface area contributed by atoms with Crippen molar-refractivity contribution in [2.75, 3.05) is 33.3 Å². The van der Waals surface area contributed by atoms with Gasteiger partial charge in [0, 0.05) is 44.4 Å². The molecule has 0 N–H and O–H groups in total. The summed E-state index contributed by atoms with van der Waals surface area (Å²) in [5, 5.41) is 0. The molecular formula is C27H28N2O4. The number of ether oxygens (including phenoxy) is 2. The van der Waals surface area contributed by atoms with Gasteiger partial charge in [-0.3, -0.25) is 9.59 Å². The normalized spacial score (nSPS) is 13.6. The lowest BCUT2D eigenvalue weighted by atomic mass is 10.1. The Labute approximate surface area is 194 Å². The summed E-state index contributed by atoms with van der Waals surface area (Å²) in [6.07, 6.45) is 0. The molecule has 0 spiro atoms. The first-order valence-electron chi connectivity index (χ1n) is 11.1. The molecule has 3 aromatic carbocycles. The lowest BCUT2D eigenvalue weighted by Gasteiger charge is -2.35. The van der Waals surface area contributed by atoms with Crippen LogP contribution in [0.25, 0.3) is 0 Å². The predicted octanol–water partition coefficient (Wildman–Crippen LogP) is 4.01. The maximum absolute atomic E-state index is 12.9. The highest BCUT2D eigenvalue weighted by atomic mass is 16.5. The van der Waals surface area contributed by atoms with Gasteiger partial charge < -0.3 is 19.3 Å². The van der Waals surface area contributed by atoms with E-state index in [9.17, 15) is 9.59 Å². The average Bonchev–Trinajstić information content (AvgIpc) is 2.88. The third-order valence-corrected chi connectivity index (χ3v) is 5.69. The number of hydrogen-bond acceptors (Lipinski definition) is 4. The monoisotopic (exact) mass is 444 g/mol. The molecule has 33 heavy (non-hydrogen) atoms. The second-order valence-electron chi connectivity index (χ2n) is 8.02. The van der Waals surface area contributed by atoms with Crippen molar-refractivity contribution in [1.82, 2.24) is 9.80 Å². The lowest BCUT2D eigenvalue weighted by molar-refractivity contribution is 0.0535. The minimum Gasteiger partial charge on any atom is -0.489 e. The van der Waals surface area contributed by atoms with E-state index in [4.69, 9.17) is 9.47 Å². The van der Waals surface area contributed by atoms with Crippen LogP contribution in [0.1, 0.15) is 31.8 Å². The Morgan fingerprint density at radius 2 is 1.30 bits per heavy atom. The molecule has 1 heterocycles. The van der Waals surface area contributed by atoms with E-state index in [1.165, 1.54) is 0 Å². The summed E-state index contributed by atoms with van der Waals surface area (Å²) in [7, 11) is 1.63. The van der Waals surface area contributed by atoms with Crippen LogP contribution >= 0.6 is 0 Å². The molecule has 0 aromatic heterocycles. The van der Waals surface area contributed by atoms with Gasteiger partial charge in [0.1, 0.15) is 12.4 Å². The van der Waals surface area contributed by atoms with E-state index in [0.29, 0.717) is 50.5 Å². The van der Waals surface area contributed by atoms with Crippen molar-refractivity contribution in [3.63, 3.8) is 0 Å². The summed E-state index contributed by atoms with van der Waals surface area (Å²) < 4.78 is 11.0. The molecule has 0 radical (unpaired) electrons. The van der Waals surface area contributed by atoms with Crippen LogP contribution in [-0.2, 0) is 18.0 Å². The molecular weight excluding hydrogens is 416 g/mol. The number of hydrogen-bond donors (Lipinski definition) is 0. The van der Waals surface area contributed by atoms with Crippen molar-refractivity contribution in [2.24, 2.45) is 0 Å². The molecule has 0 saturated carbocycles. The van der Waals surface area contributed by atoms with Gasteiger partial charge in [-0.05, 0) is 47.5 Å². The number of benzene rings is 3. The fourth-order valence-corrected chi connectivity index (χ4v) is 3.87. The number of rotatable bonds is 7. The largest absolute Gasteiger partial charge is 0.489 e. The van der Waals surface area contributed by atoms with Crippen molar-refractivity contribution in [3.05, 3.63) is 101 Å². The molecule has 4 rings (SSSR count). The molecule has 0 unspecified atom stereocenters. The molecule has 3 aromatic rings. The van der Waals surface area contributed by atoms with Crippen LogP contribution in [0.2, 0.25) is 0 Å². The lowest BCUT2D eigenvalue weighted by Crippen LogP contribution is -2.50. The Hall–Kier alpha value is -3.64. The molecule has 0 atom stereocenters.